The molecule has 0 aliphatic carbocycles. The van der Waals surface area contributed by atoms with Crippen molar-refractivity contribution in [2.45, 2.75) is 20.3 Å². The maximum Gasteiger partial charge on any atom is 0.338 e. The Balaban J connectivity index is 1.88. The number of carbonyl (C=O) groups is 1. The third kappa shape index (κ3) is 5.71. The quantitative estimate of drug-likeness (QED) is 0.645. The lowest BCUT2D eigenvalue weighted by Crippen LogP contribution is -2.09. The lowest BCUT2D eigenvalue weighted by atomic mass is 10.2. The molecule has 0 saturated carbocycles. The zero-order valence-corrected chi connectivity index (χ0v) is 15.0. The maximum absolute atomic E-state index is 12.1. The van der Waals surface area contributed by atoms with E-state index >= 15 is 0 Å². The van der Waals surface area contributed by atoms with Gasteiger partial charge in [0.05, 0.1) is 23.2 Å². The molecule has 0 heterocycles. The highest BCUT2D eigenvalue weighted by molar-refractivity contribution is 9.10. The summed E-state index contributed by atoms with van der Waals surface area (Å²) in [5.74, 6) is 0.862. The highest BCUT2D eigenvalue weighted by Gasteiger charge is 2.11. The van der Waals surface area contributed by atoms with Gasteiger partial charge in [-0.25, -0.2) is 4.79 Å². The van der Waals surface area contributed by atoms with Crippen molar-refractivity contribution >= 4 is 21.9 Å². The summed E-state index contributed by atoms with van der Waals surface area (Å²) in [6.45, 7) is 5.18. The van der Waals surface area contributed by atoms with Crippen molar-refractivity contribution in [2.24, 2.45) is 5.92 Å². The SMILES string of the molecule is CC(C)COc1ccc(C(=O)OCCc2ccccc2)cc1Br. The Morgan fingerprint density at radius 2 is 1.87 bits per heavy atom. The number of benzene rings is 2. The van der Waals surface area contributed by atoms with E-state index in [0.717, 1.165) is 15.8 Å². The largest absolute Gasteiger partial charge is 0.492 e. The van der Waals surface area contributed by atoms with E-state index < -0.39 is 0 Å². The summed E-state index contributed by atoms with van der Waals surface area (Å²) in [4.78, 5) is 12.1. The predicted molar refractivity (Wildman–Crippen MR) is 94.9 cm³/mol. The minimum atomic E-state index is -0.322. The first kappa shape index (κ1) is 17.5. The van der Waals surface area contributed by atoms with Crippen molar-refractivity contribution in [3.8, 4) is 5.75 Å². The molecule has 0 fully saturated rings. The number of hydrogen-bond acceptors (Lipinski definition) is 3. The zero-order chi connectivity index (χ0) is 16.7. The Hall–Kier alpha value is -1.81. The van der Waals surface area contributed by atoms with E-state index in [1.165, 1.54) is 0 Å². The van der Waals surface area contributed by atoms with Crippen molar-refractivity contribution in [2.75, 3.05) is 13.2 Å². The standard InChI is InChI=1S/C19H21BrO3/c1-14(2)13-23-18-9-8-16(12-17(18)20)19(21)22-11-10-15-6-4-3-5-7-15/h3-9,12,14H,10-11,13H2,1-2H3. The van der Waals surface area contributed by atoms with Crippen LogP contribution in [0, 0.1) is 5.92 Å². The Kier molecular flexibility index (Phi) is 6.66. The third-order valence-electron chi connectivity index (χ3n) is 3.21. The molecule has 0 aliphatic heterocycles. The van der Waals surface area contributed by atoms with Crippen LogP contribution in [0.4, 0.5) is 0 Å². The van der Waals surface area contributed by atoms with Crippen LogP contribution in [0.5, 0.6) is 5.75 Å². The van der Waals surface area contributed by atoms with E-state index in [-0.39, 0.29) is 5.97 Å². The minimum Gasteiger partial charge on any atom is -0.492 e. The average molecular weight is 377 g/mol. The van der Waals surface area contributed by atoms with Crippen LogP contribution in [0.3, 0.4) is 0 Å². The van der Waals surface area contributed by atoms with E-state index in [1.54, 1.807) is 18.2 Å². The van der Waals surface area contributed by atoms with Gasteiger partial charge >= 0.3 is 5.97 Å². The molecule has 0 spiro atoms. The first-order chi connectivity index (χ1) is 11.1. The molecule has 2 aromatic carbocycles. The second-order valence-corrected chi connectivity index (χ2v) is 6.58. The van der Waals surface area contributed by atoms with E-state index in [4.69, 9.17) is 9.47 Å². The number of carbonyl (C=O) groups excluding carboxylic acids is 1. The molecule has 4 heteroatoms. The average Bonchev–Trinajstić information content (AvgIpc) is 2.54. The van der Waals surface area contributed by atoms with E-state index in [0.29, 0.717) is 31.1 Å². The molecule has 2 rings (SSSR count). The van der Waals surface area contributed by atoms with Gasteiger partial charge in [-0.2, -0.15) is 0 Å². The van der Waals surface area contributed by atoms with Crippen LogP contribution >= 0.6 is 15.9 Å². The lowest BCUT2D eigenvalue weighted by molar-refractivity contribution is 0.0509. The molecule has 0 unspecified atom stereocenters. The normalized spacial score (nSPS) is 10.6. The highest BCUT2D eigenvalue weighted by atomic mass is 79.9. The summed E-state index contributed by atoms with van der Waals surface area (Å²) in [7, 11) is 0. The minimum absolute atomic E-state index is 0.322. The molecule has 0 N–H and O–H groups in total. The summed E-state index contributed by atoms with van der Waals surface area (Å²) in [5, 5.41) is 0. The molecule has 0 aromatic heterocycles. The predicted octanol–water partition coefficient (Wildman–Crippen LogP) is 4.88. The lowest BCUT2D eigenvalue weighted by Gasteiger charge is -2.11. The smallest absolute Gasteiger partial charge is 0.338 e. The number of halogens is 1. The summed E-state index contributed by atoms with van der Waals surface area (Å²) in [5.41, 5.74) is 1.67. The van der Waals surface area contributed by atoms with Crippen LogP contribution in [-0.2, 0) is 11.2 Å². The number of hydrogen-bond donors (Lipinski definition) is 0. The Bertz CT molecular complexity index is 638. The van der Waals surface area contributed by atoms with Crippen molar-refractivity contribution < 1.29 is 14.3 Å². The van der Waals surface area contributed by atoms with E-state index in [1.807, 2.05) is 30.3 Å². The van der Waals surface area contributed by atoms with Gasteiger partial charge in [0, 0.05) is 6.42 Å². The van der Waals surface area contributed by atoms with Crippen molar-refractivity contribution in [1.82, 2.24) is 0 Å². The molecule has 0 aliphatic rings. The van der Waals surface area contributed by atoms with Gasteiger partial charge < -0.3 is 9.47 Å². The van der Waals surface area contributed by atoms with Gasteiger partial charge in [0.2, 0.25) is 0 Å². The van der Waals surface area contributed by atoms with Gasteiger partial charge in [0.1, 0.15) is 5.75 Å². The summed E-state index contributed by atoms with van der Waals surface area (Å²) >= 11 is 3.44. The van der Waals surface area contributed by atoms with Gasteiger partial charge in [-0.3, -0.25) is 0 Å². The monoisotopic (exact) mass is 376 g/mol. The molecular weight excluding hydrogens is 356 g/mol. The van der Waals surface area contributed by atoms with E-state index in [9.17, 15) is 4.79 Å². The van der Waals surface area contributed by atoms with Crippen LogP contribution in [-0.4, -0.2) is 19.2 Å². The second-order valence-electron chi connectivity index (χ2n) is 5.72. The van der Waals surface area contributed by atoms with Gasteiger partial charge in [-0.1, -0.05) is 44.2 Å². The third-order valence-corrected chi connectivity index (χ3v) is 3.83. The molecule has 2 aromatic rings. The molecule has 0 atom stereocenters. The Morgan fingerprint density at radius 3 is 2.52 bits per heavy atom. The molecule has 3 nitrogen and oxygen atoms in total. The fourth-order valence-corrected chi connectivity index (χ4v) is 2.48. The number of ether oxygens (including phenoxy) is 2. The zero-order valence-electron chi connectivity index (χ0n) is 13.4. The summed E-state index contributed by atoms with van der Waals surface area (Å²) < 4.78 is 11.8. The summed E-state index contributed by atoms with van der Waals surface area (Å²) in [6.07, 6.45) is 0.712. The second kappa shape index (κ2) is 8.73. The molecule has 122 valence electrons. The van der Waals surface area contributed by atoms with Crippen LogP contribution in [0.15, 0.2) is 53.0 Å². The maximum atomic E-state index is 12.1. The molecule has 0 radical (unpaired) electrons. The van der Waals surface area contributed by atoms with Gasteiger partial charge in [0.15, 0.2) is 0 Å². The van der Waals surface area contributed by atoms with Gasteiger partial charge in [0.25, 0.3) is 0 Å². The van der Waals surface area contributed by atoms with Crippen LogP contribution < -0.4 is 4.74 Å². The van der Waals surface area contributed by atoms with Crippen molar-refractivity contribution in [1.29, 1.82) is 0 Å². The van der Waals surface area contributed by atoms with Crippen LogP contribution in [0.2, 0.25) is 0 Å². The first-order valence-corrected chi connectivity index (χ1v) is 8.49. The number of esters is 1. The topological polar surface area (TPSA) is 35.5 Å². The van der Waals surface area contributed by atoms with E-state index in [2.05, 4.69) is 29.8 Å². The fraction of sp³-hybridized carbons (Fsp3) is 0.316. The van der Waals surface area contributed by atoms with Crippen molar-refractivity contribution in [3.63, 3.8) is 0 Å². The Morgan fingerprint density at radius 1 is 1.13 bits per heavy atom. The molecule has 0 saturated heterocycles. The van der Waals surface area contributed by atoms with Gasteiger partial charge in [-0.15, -0.1) is 0 Å². The summed E-state index contributed by atoms with van der Waals surface area (Å²) in [6, 6.07) is 15.2. The Labute approximate surface area is 145 Å². The van der Waals surface area contributed by atoms with Crippen LogP contribution in [0.25, 0.3) is 0 Å². The van der Waals surface area contributed by atoms with Crippen molar-refractivity contribution in [3.05, 3.63) is 64.1 Å². The van der Waals surface area contributed by atoms with Gasteiger partial charge in [-0.05, 0) is 45.6 Å². The first-order valence-electron chi connectivity index (χ1n) is 7.69. The molecular formula is C19H21BrO3. The molecule has 23 heavy (non-hydrogen) atoms. The molecule has 0 amide bonds. The fourth-order valence-electron chi connectivity index (χ4n) is 1.99. The molecule has 0 bridgehead atoms. The number of rotatable bonds is 7. The van der Waals surface area contributed by atoms with Crippen LogP contribution in [0.1, 0.15) is 29.8 Å². The highest BCUT2D eigenvalue weighted by Crippen LogP contribution is 2.26.